The Morgan fingerprint density at radius 3 is 2.55 bits per heavy atom. The first-order chi connectivity index (χ1) is 16.0. The predicted molar refractivity (Wildman–Crippen MR) is 127 cm³/mol. The zero-order chi connectivity index (χ0) is 22.9. The van der Waals surface area contributed by atoms with E-state index in [0.29, 0.717) is 44.1 Å². The molecule has 4 aromatic rings. The molecular formula is C24H24FN5O2S. The molecule has 170 valence electrons. The lowest BCUT2D eigenvalue weighted by molar-refractivity contribution is 0.0742. The largest absolute Gasteiger partial charge is 0.493 e. The average molecular weight is 466 g/mol. The lowest BCUT2D eigenvalue weighted by Gasteiger charge is -2.34. The van der Waals surface area contributed by atoms with Gasteiger partial charge >= 0.3 is 0 Å². The van der Waals surface area contributed by atoms with Gasteiger partial charge in [0.15, 0.2) is 10.8 Å². The Kier molecular flexibility index (Phi) is 5.72. The fraction of sp³-hybridized carbons (Fsp3) is 0.292. The zero-order valence-electron chi connectivity index (χ0n) is 18.5. The van der Waals surface area contributed by atoms with Crippen molar-refractivity contribution in [1.82, 2.24) is 19.7 Å². The molecule has 0 unspecified atom stereocenters. The van der Waals surface area contributed by atoms with Crippen molar-refractivity contribution in [2.45, 2.75) is 13.8 Å². The highest BCUT2D eigenvalue weighted by Crippen LogP contribution is 2.33. The SMILES string of the molecule is CCOc1ccccc1C(=O)N1CCN(c2nc3c(s2)c(C)nn3-c2ccc(F)cc2)CC1. The number of aryl methyl sites for hydroxylation is 1. The van der Waals surface area contributed by atoms with Crippen molar-refractivity contribution >= 4 is 32.7 Å². The van der Waals surface area contributed by atoms with E-state index in [1.54, 1.807) is 28.2 Å². The third kappa shape index (κ3) is 4.04. The molecule has 0 saturated carbocycles. The van der Waals surface area contributed by atoms with Gasteiger partial charge in [0.25, 0.3) is 5.91 Å². The molecule has 2 aromatic heterocycles. The van der Waals surface area contributed by atoms with Crippen molar-refractivity contribution in [1.29, 1.82) is 0 Å². The molecule has 0 atom stereocenters. The number of nitrogens with zero attached hydrogens (tertiary/aromatic N) is 5. The highest BCUT2D eigenvalue weighted by molar-refractivity contribution is 7.22. The summed E-state index contributed by atoms with van der Waals surface area (Å²) in [4.78, 5) is 22.0. The first-order valence-corrected chi connectivity index (χ1v) is 11.7. The molecule has 0 spiro atoms. The number of aromatic nitrogens is 3. The number of hydrogen-bond donors (Lipinski definition) is 0. The number of carbonyl (C=O) groups excluding carboxylic acids is 1. The van der Waals surface area contributed by atoms with Gasteiger partial charge < -0.3 is 14.5 Å². The van der Waals surface area contributed by atoms with Crippen molar-refractivity contribution in [3.63, 3.8) is 0 Å². The van der Waals surface area contributed by atoms with Crippen molar-refractivity contribution in [3.8, 4) is 11.4 Å². The molecule has 1 aliphatic heterocycles. The first kappa shape index (κ1) is 21.4. The third-order valence-corrected chi connectivity index (χ3v) is 6.92. The van der Waals surface area contributed by atoms with Crippen LogP contribution in [-0.2, 0) is 0 Å². The van der Waals surface area contributed by atoms with Crippen LogP contribution in [0.15, 0.2) is 48.5 Å². The highest BCUT2D eigenvalue weighted by atomic mass is 32.1. The van der Waals surface area contributed by atoms with E-state index in [0.717, 1.165) is 26.9 Å². The summed E-state index contributed by atoms with van der Waals surface area (Å²) in [5.74, 6) is 0.333. The number of rotatable bonds is 5. The monoisotopic (exact) mass is 465 g/mol. The van der Waals surface area contributed by atoms with E-state index in [2.05, 4.69) is 10.00 Å². The smallest absolute Gasteiger partial charge is 0.257 e. The van der Waals surface area contributed by atoms with Gasteiger partial charge in [-0.25, -0.2) is 9.07 Å². The van der Waals surface area contributed by atoms with Gasteiger partial charge in [0.1, 0.15) is 11.6 Å². The summed E-state index contributed by atoms with van der Waals surface area (Å²) >= 11 is 1.60. The van der Waals surface area contributed by atoms with Gasteiger partial charge in [0.05, 0.1) is 28.3 Å². The average Bonchev–Trinajstić information content (AvgIpc) is 3.41. The number of halogens is 1. The Bertz CT molecular complexity index is 1290. The van der Waals surface area contributed by atoms with Crippen molar-refractivity contribution in [2.75, 3.05) is 37.7 Å². The van der Waals surface area contributed by atoms with Crippen LogP contribution in [0.25, 0.3) is 16.0 Å². The molecule has 2 aromatic carbocycles. The number of ether oxygens (including phenoxy) is 1. The van der Waals surface area contributed by atoms with Crippen LogP contribution in [0.1, 0.15) is 23.0 Å². The second-order valence-electron chi connectivity index (χ2n) is 7.83. The Labute approximate surface area is 195 Å². The summed E-state index contributed by atoms with van der Waals surface area (Å²) in [6.45, 7) is 7.00. The molecule has 9 heteroatoms. The number of piperazine rings is 1. The minimum atomic E-state index is -0.283. The van der Waals surface area contributed by atoms with Crippen LogP contribution in [0, 0.1) is 12.7 Å². The minimum absolute atomic E-state index is 0.00852. The van der Waals surface area contributed by atoms with E-state index in [9.17, 15) is 9.18 Å². The Morgan fingerprint density at radius 1 is 1.09 bits per heavy atom. The van der Waals surface area contributed by atoms with E-state index in [1.807, 2.05) is 43.0 Å². The maximum atomic E-state index is 13.3. The minimum Gasteiger partial charge on any atom is -0.493 e. The topological polar surface area (TPSA) is 63.5 Å². The summed E-state index contributed by atoms with van der Waals surface area (Å²) < 4.78 is 21.7. The summed E-state index contributed by atoms with van der Waals surface area (Å²) in [7, 11) is 0. The normalized spacial score (nSPS) is 14.2. The summed E-state index contributed by atoms with van der Waals surface area (Å²) in [6, 6.07) is 13.6. The van der Waals surface area contributed by atoms with Crippen molar-refractivity contribution in [3.05, 3.63) is 65.6 Å². The van der Waals surface area contributed by atoms with Crippen molar-refractivity contribution < 1.29 is 13.9 Å². The Hall–Kier alpha value is -3.46. The number of anilines is 1. The van der Waals surface area contributed by atoms with Crippen LogP contribution in [0.2, 0.25) is 0 Å². The quantitative estimate of drug-likeness (QED) is 0.440. The summed E-state index contributed by atoms with van der Waals surface area (Å²) in [5.41, 5.74) is 3.03. The Morgan fingerprint density at radius 2 is 1.82 bits per heavy atom. The summed E-state index contributed by atoms with van der Waals surface area (Å²) in [6.07, 6.45) is 0. The summed E-state index contributed by atoms with van der Waals surface area (Å²) in [5, 5.41) is 5.49. The predicted octanol–water partition coefficient (Wildman–Crippen LogP) is 4.29. The molecular weight excluding hydrogens is 441 g/mol. The number of carbonyl (C=O) groups is 1. The van der Waals surface area contributed by atoms with Gasteiger partial charge in [-0.3, -0.25) is 4.79 Å². The molecule has 7 nitrogen and oxygen atoms in total. The second kappa shape index (κ2) is 8.82. The maximum absolute atomic E-state index is 13.3. The maximum Gasteiger partial charge on any atom is 0.257 e. The number of thiazole rings is 1. The zero-order valence-corrected chi connectivity index (χ0v) is 19.3. The van der Waals surface area contributed by atoms with Gasteiger partial charge in [-0.2, -0.15) is 10.1 Å². The van der Waals surface area contributed by atoms with Gasteiger partial charge in [-0.1, -0.05) is 23.5 Å². The van der Waals surface area contributed by atoms with E-state index in [-0.39, 0.29) is 11.7 Å². The molecule has 0 bridgehead atoms. The van der Waals surface area contributed by atoms with E-state index < -0.39 is 0 Å². The molecule has 1 amide bonds. The van der Waals surface area contributed by atoms with Crippen LogP contribution in [0.4, 0.5) is 9.52 Å². The van der Waals surface area contributed by atoms with Crippen LogP contribution >= 0.6 is 11.3 Å². The van der Waals surface area contributed by atoms with Gasteiger partial charge in [0, 0.05) is 26.2 Å². The number of hydrogen-bond acceptors (Lipinski definition) is 6. The standard InChI is InChI=1S/C24H24FN5O2S/c1-3-32-20-7-5-4-6-19(20)23(31)28-12-14-29(15-13-28)24-26-22-21(33-24)16(2)27-30(22)18-10-8-17(25)9-11-18/h4-11H,3,12-15H2,1-2H3. The van der Waals surface area contributed by atoms with Gasteiger partial charge in [-0.05, 0) is 50.2 Å². The molecule has 33 heavy (non-hydrogen) atoms. The fourth-order valence-corrected chi connectivity index (χ4v) is 5.05. The van der Waals surface area contributed by atoms with Crippen molar-refractivity contribution in [2.24, 2.45) is 0 Å². The Balaban J connectivity index is 1.33. The highest BCUT2D eigenvalue weighted by Gasteiger charge is 2.26. The third-order valence-electron chi connectivity index (χ3n) is 5.70. The van der Waals surface area contributed by atoms with E-state index in [1.165, 1.54) is 12.1 Å². The molecule has 0 aliphatic carbocycles. The number of fused-ring (bicyclic) bond motifs is 1. The molecule has 1 aliphatic rings. The van der Waals surface area contributed by atoms with Crippen LogP contribution in [-0.4, -0.2) is 58.4 Å². The molecule has 5 rings (SSSR count). The molecule has 1 fully saturated rings. The lowest BCUT2D eigenvalue weighted by Crippen LogP contribution is -2.48. The fourth-order valence-electron chi connectivity index (χ4n) is 4.02. The molecule has 0 radical (unpaired) electrons. The second-order valence-corrected chi connectivity index (χ2v) is 8.81. The van der Waals surface area contributed by atoms with E-state index in [4.69, 9.17) is 9.72 Å². The van der Waals surface area contributed by atoms with Crippen LogP contribution in [0.3, 0.4) is 0 Å². The lowest BCUT2D eigenvalue weighted by atomic mass is 10.1. The number of para-hydroxylation sites is 1. The van der Waals surface area contributed by atoms with Gasteiger partial charge in [0.2, 0.25) is 0 Å². The van der Waals surface area contributed by atoms with Crippen LogP contribution < -0.4 is 9.64 Å². The first-order valence-electron chi connectivity index (χ1n) is 10.9. The molecule has 1 saturated heterocycles. The molecule has 0 N–H and O–H groups in total. The number of amides is 1. The van der Waals surface area contributed by atoms with Crippen LogP contribution in [0.5, 0.6) is 5.75 Å². The van der Waals surface area contributed by atoms with E-state index >= 15 is 0 Å². The number of benzene rings is 2. The van der Waals surface area contributed by atoms with Gasteiger partial charge in [-0.15, -0.1) is 0 Å². The molecule has 3 heterocycles.